The number of nitrogens with zero attached hydrogens (tertiary/aromatic N) is 2. The standard InChI is InChI=1S/C24H17Br2ClN2/c1-2-16-3-5-17(6-4-16)15-29-24(19-9-13-21(26)14-10-19)22(27)23(28-29)18-7-11-20(25)12-8-18/h2-14H,1,15H2. The Labute approximate surface area is 192 Å². The van der Waals surface area contributed by atoms with Crippen LogP contribution < -0.4 is 0 Å². The second kappa shape index (κ2) is 8.70. The molecule has 1 heterocycles. The molecule has 3 aromatic carbocycles. The molecule has 0 spiro atoms. The van der Waals surface area contributed by atoms with Crippen molar-refractivity contribution in [3.8, 4) is 22.5 Å². The SMILES string of the molecule is C=Cc1ccc(Cn2nc(-c3ccc(Br)cc3)c(Cl)c2-c2ccc(Br)cc2)cc1. The van der Waals surface area contributed by atoms with Crippen molar-refractivity contribution in [1.82, 2.24) is 9.78 Å². The van der Waals surface area contributed by atoms with E-state index in [4.69, 9.17) is 16.7 Å². The number of hydrogen-bond acceptors (Lipinski definition) is 1. The predicted octanol–water partition coefficient (Wildman–Crippen LogP) is 8.09. The molecule has 0 atom stereocenters. The average Bonchev–Trinajstić information content (AvgIpc) is 3.06. The number of halogens is 3. The van der Waals surface area contributed by atoms with Gasteiger partial charge in [-0.15, -0.1) is 0 Å². The Balaban J connectivity index is 1.82. The Morgan fingerprint density at radius 1 is 0.828 bits per heavy atom. The van der Waals surface area contributed by atoms with Gasteiger partial charge < -0.3 is 0 Å². The van der Waals surface area contributed by atoms with Crippen molar-refractivity contribution in [1.29, 1.82) is 0 Å². The molecule has 0 saturated carbocycles. The fourth-order valence-electron chi connectivity index (χ4n) is 3.16. The third kappa shape index (κ3) is 4.40. The van der Waals surface area contributed by atoms with Crippen molar-refractivity contribution in [3.63, 3.8) is 0 Å². The van der Waals surface area contributed by atoms with Gasteiger partial charge in [-0.3, -0.25) is 4.68 Å². The molecule has 0 aliphatic carbocycles. The molecule has 0 aliphatic heterocycles. The highest BCUT2D eigenvalue weighted by Crippen LogP contribution is 2.37. The lowest BCUT2D eigenvalue weighted by Crippen LogP contribution is -2.04. The molecule has 1 aromatic heterocycles. The number of benzene rings is 3. The van der Waals surface area contributed by atoms with Gasteiger partial charge in [0.05, 0.1) is 17.3 Å². The summed E-state index contributed by atoms with van der Waals surface area (Å²) >= 11 is 13.9. The van der Waals surface area contributed by atoms with E-state index in [0.717, 1.165) is 42.6 Å². The fraction of sp³-hybridized carbons (Fsp3) is 0.0417. The van der Waals surface area contributed by atoms with Crippen LogP contribution in [0.4, 0.5) is 0 Å². The minimum absolute atomic E-state index is 0.624. The molecular weight excluding hydrogens is 512 g/mol. The maximum absolute atomic E-state index is 6.87. The van der Waals surface area contributed by atoms with Crippen molar-refractivity contribution in [2.45, 2.75) is 6.54 Å². The van der Waals surface area contributed by atoms with E-state index in [0.29, 0.717) is 11.6 Å². The molecule has 29 heavy (non-hydrogen) atoms. The van der Waals surface area contributed by atoms with Crippen LogP contribution >= 0.6 is 43.5 Å². The minimum Gasteiger partial charge on any atom is -0.258 e. The van der Waals surface area contributed by atoms with E-state index in [-0.39, 0.29) is 0 Å². The lowest BCUT2D eigenvalue weighted by molar-refractivity contribution is 0.697. The maximum atomic E-state index is 6.87. The van der Waals surface area contributed by atoms with Crippen LogP contribution in [-0.2, 0) is 6.54 Å². The van der Waals surface area contributed by atoms with E-state index < -0.39 is 0 Å². The Kier molecular flexibility index (Phi) is 6.04. The molecule has 0 fully saturated rings. The van der Waals surface area contributed by atoms with Crippen molar-refractivity contribution in [2.24, 2.45) is 0 Å². The number of aromatic nitrogens is 2. The van der Waals surface area contributed by atoms with Crippen molar-refractivity contribution >= 4 is 49.5 Å². The normalized spacial score (nSPS) is 10.9. The highest BCUT2D eigenvalue weighted by atomic mass is 79.9. The number of hydrogen-bond donors (Lipinski definition) is 0. The summed E-state index contributed by atoms with van der Waals surface area (Å²) in [6.45, 7) is 4.44. The molecule has 4 aromatic rings. The fourth-order valence-corrected chi connectivity index (χ4v) is 4.04. The van der Waals surface area contributed by atoms with E-state index in [2.05, 4.69) is 74.8 Å². The summed E-state index contributed by atoms with van der Waals surface area (Å²) < 4.78 is 4.02. The third-order valence-corrected chi connectivity index (χ3v) is 6.09. The lowest BCUT2D eigenvalue weighted by atomic mass is 10.1. The molecule has 0 N–H and O–H groups in total. The van der Waals surface area contributed by atoms with Crippen LogP contribution in [-0.4, -0.2) is 9.78 Å². The Morgan fingerprint density at radius 2 is 1.38 bits per heavy atom. The van der Waals surface area contributed by atoms with E-state index in [1.807, 2.05) is 47.2 Å². The Morgan fingerprint density at radius 3 is 1.93 bits per heavy atom. The molecule has 0 amide bonds. The third-order valence-electron chi connectivity index (χ3n) is 4.68. The summed E-state index contributed by atoms with van der Waals surface area (Å²) in [5.41, 5.74) is 5.94. The summed E-state index contributed by atoms with van der Waals surface area (Å²) in [5, 5.41) is 5.53. The molecule has 0 aliphatic rings. The molecule has 0 unspecified atom stereocenters. The molecular formula is C24H17Br2ClN2. The van der Waals surface area contributed by atoms with E-state index in [1.54, 1.807) is 0 Å². The Bertz CT molecular complexity index is 1150. The van der Waals surface area contributed by atoms with Gasteiger partial charge in [-0.05, 0) is 35.4 Å². The van der Waals surface area contributed by atoms with Gasteiger partial charge in [0.15, 0.2) is 0 Å². The first-order chi connectivity index (χ1) is 14.0. The largest absolute Gasteiger partial charge is 0.258 e. The quantitative estimate of drug-likeness (QED) is 0.256. The average molecular weight is 529 g/mol. The molecule has 2 nitrogen and oxygen atoms in total. The molecule has 0 bridgehead atoms. The highest BCUT2D eigenvalue weighted by Gasteiger charge is 2.19. The van der Waals surface area contributed by atoms with Gasteiger partial charge in [0.1, 0.15) is 5.69 Å². The molecule has 144 valence electrons. The smallest absolute Gasteiger partial charge is 0.112 e. The maximum Gasteiger partial charge on any atom is 0.112 e. The first-order valence-electron chi connectivity index (χ1n) is 9.04. The minimum atomic E-state index is 0.624. The highest BCUT2D eigenvalue weighted by molar-refractivity contribution is 9.10. The summed E-state index contributed by atoms with van der Waals surface area (Å²) in [6.07, 6.45) is 1.84. The first kappa shape index (κ1) is 20.1. The van der Waals surface area contributed by atoms with Crippen molar-refractivity contribution in [2.75, 3.05) is 0 Å². The summed E-state index contributed by atoms with van der Waals surface area (Å²) in [5.74, 6) is 0. The second-order valence-electron chi connectivity index (χ2n) is 6.63. The van der Waals surface area contributed by atoms with Crippen LogP contribution in [0.3, 0.4) is 0 Å². The summed E-state index contributed by atoms with van der Waals surface area (Å²) in [7, 11) is 0. The van der Waals surface area contributed by atoms with Crippen LogP contribution in [0.1, 0.15) is 11.1 Å². The zero-order valence-electron chi connectivity index (χ0n) is 15.4. The molecule has 0 saturated heterocycles. The van der Waals surface area contributed by atoms with Gasteiger partial charge >= 0.3 is 0 Å². The van der Waals surface area contributed by atoms with Gasteiger partial charge in [-0.2, -0.15) is 5.10 Å². The Hall–Kier alpha value is -2.14. The van der Waals surface area contributed by atoms with Crippen LogP contribution in [0.15, 0.2) is 88.3 Å². The predicted molar refractivity (Wildman–Crippen MR) is 129 cm³/mol. The summed E-state index contributed by atoms with van der Waals surface area (Å²) in [6, 6.07) is 24.5. The van der Waals surface area contributed by atoms with Crippen molar-refractivity contribution in [3.05, 3.63) is 104 Å². The van der Waals surface area contributed by atoms with Gasteiger partial charge in [0.2, 0.25) is 0 Å². The monoisotopic (exact) mass is 526 g/mol. The topological polar surface area (TPSA) is 17.8 Å². The molecule has 0 radical (unpaired) electrons. The molecule has 5 heteroatoms. The van der Waals surface area contributed by atoms with Gasteiger partial charge in [-0.25, -0.2) is 0 Å². The molecule has 4 rings (SSSR count). The lowest BCUT2D eigenvalue weighted by Gasteiger charge is -2.09. The van der Waals surface area contributed by atoms with Crippen LogP contribution in [0.25, 0.3) is 28.6 Å². The first-order valence-corrected chi connectivity index (χ1v) is 11.0. The van der Waals surface area contributed by atoms with Gasteiger partial charge in [0, 0.05) is 20.1 Å². The number of rotatable bonds is 5. The zero-order valence-corrected chi connectivity index (χ0v) is 19.4. The van der Waals surface area contributed by atoms with Crippen LogP contribution in [0.2, 0.25) is 5.02 Å². The summed E-state index contributed by atoms with van der Waals surface area (Å²) in [4.78, 5) is 0. The van der Waals surface area contributed by atoms with E-state index in [9.17, 15) is 0 Å². The van der Waals surface area contributed by atoms with Crippen molar-refractivity contribution < 1.29 is 0 Å². The second-order valence-corrected chi connectivity index (χ2v) is 8.84. The van der Waals surface area contributed by atoms with Gasteiger partial charge in [0.25, 0.3) is 0 Å². The van der Waals surface area contributed by atoms with Crippen LogP contribution in [0, 0.1) is 0 Å². The zero-order chi connectivity index (χ0) is 20.4. The van der Waals surface area contributed by atoms with E-state index >= 15 is 0 Å². The van der Waals surface area contributed by atoms with E-state index in [1.165, 1.54) is 0 Å². The van der Waals surface area contributed by atoms with Gasteiger partial charge in [-0.1, -0.05) is 105 Å². The van der Waals surface area contributed by atoms with Crippen LogP contribution in [0.5, 0.6) is 0 Å².